The quantitative estimate of drug-likeness (QED) is 0.780. The highest BCUT2D eigenvalue weighted by Crippen LogP contribution is 2.24. The molecule has 0 unspecified atom stereocenters. The first-order valence-electron chi connectivity index (χ1n) is 5.10. The van der Waals surface area contributed by atoms with Crippen LogP contribution in [0.25, 0.3) is 0 Å². The average molecular weight is 257 g/mol. The summed E-state index contributed by atoms with van der Waals surface area (Å²) in [6, 6.07) is 6.14. The maximum absolute atomic E-state index is 5.89. The van der Waals surface area contributed by atoms with E-state index in [1.54, 1.807) is 0 Å². The Bertz CT molecular complexity index is 292. The first-order valence-corrected chi connectivity index (χ1v) is 5.89. The van der Waals surface area contributed by atoms with Crippen LogP contribution in [0.5, 0.6) is 5.75 Å². The lowest BCUT2D eigenvalue weighted by Gasteiger charge is -2.17. The van der Waals surface area contributed by atoms with E-state index in [1.807, 2.05) is 12.1 Å². The van der Waals surface area contributed by atoms with Gasteiger partial charge >= 0.3 is 0 Å². The number of rotatable bonds is 4. The Morgan fingerprint density at radius 1 is 1.29 bits per heavy atom. The fraction of sp³-hybridized carbons (Fsp3) is 0.500. The van der Waals surface area contributed by atoms with Gasteiger partial charge in [-0.05, 0) is 37.5 Å². The third-order valence-corrected chi connectivity index (χ3v) is 2.85. The topological polar surface area (TPSA) is 9.23 Å². The van der Waals surface area contributed by atoms with Gasteiger partial charge in [0, 0.05) is 4.47 Å². The zero-order valence-electron chi connectivity index (χ0n) is 9.01. The van der Waals surface area contributed by atoms with Crippen LogP contribution in [0.3, 0.4) is 0 Å². The SMILES string of the molecule is CCC(CC)Oc1cc(Br)ccc1C. The molecule has 14 heavy (non-hydrogen) atoms. The van der Waals surface area contributed by atoms with Gasteiger partial charge in [-0.3, -0.25) is 0 Å². The largest absolute Gasteiger partial charge is 0.490 e. The van der Waals surface area contributed by atoms with Crippen molar-refractivity contribution in [1.29, 1.82) is 0 Å². The van der Waals surface area contributed by atoms with Gasteiger partial charge in [0.15, 0.2) is 0 Å². The van der Waals surface area contributed by atoms with Crippen molar-refractivity contribution in [3.63, 3.8) is 0 Å². The Balaban J connectivity index is 2.79. The van der Waals surface area contributed by atoms with Crippen LogP contribution in [0.2, 0.25) is 0 Å². The monoisotopic (exact) mass is 256 g/mol. The van der Waals surface area contributed by atoms with Gasteiger partial charge in [0.05, 0.1) is 6.10 Å². The van der Waals surface area contributed by atoms with E-state index in [0.29, 0.717) is 6.10 Å². The summed E-state index contributed by atoms with van der Waals surface area (Å²) < 4.78 is 6.97. The fourth-order valence-electron chi connectivity index (χ4n) is 1.34. The van der Waals surface area contributed by atoms with E-state index in [0.717, 1.165) is 23.1 Å². The molecular formula is C12H17BrO. The zero-order chi connectivity index (χ0) is 10.6. The number of halogens is 1. The van der Waals surface area contributed by atoms with Crippen molar-refractivity contribution >= 4 is 15.9 Å². The minimum Gasteiger partial charge on any atom is -0.490 e. The van der Waals surface area contributed by atoms with Crippen molar-refractivity contribution in [3.05, 3.63) is 28.2 Å². The van der Waals surface area contributed by atoms with Crippen LogP contribution in [-0.2, 0) is 0 Å². The van der Waals surface area contributed by atoms with Crippen LogP contribution < -0.4 is 4.74 Å². The highest BCUT2D eigenvalue weighted by Gasteiger charge is 2.07. The molecule has 1 aromatic rings. The number of benzene rings is 1. The summed E-state index contributed by atoms with van der Waals surface area (Å²) in [4.78, 5) is 0. The summed E-state index contributed by atoms with van der Waals surface area (Å²) in [6.07, 6.45) is 2.45. The van der Waals surface area contributed by atoms with Gasteiger partial charge in [0.1, 0.15) is 5.75 Å². The highest BCUT2D eigenvalue weighted by atomic mass is 79.9. The molecule has 0 aromatic heterocycles. The molecule has 2 heteroatoms. The highest BCUT2D eigenvalue weighted by molar-refractivity contribution is 9.10. The Hall–Kier alpha value is -0.500. The molecule has 0 bridgehead atoms. The summed E-state index contributed by atoms with van der Waals surface area (Å²) in [5, 5.41) is 0. The van der Waals surface area contributed by atoms with Gasteiger partial charge < -0.3 is 4.74 Å². The maximum atomic E-state index is 5.89. The summed E-state index contributed by atoms with van der Waals surface area (Å²) >= 11 is 3.45. The van der Waals surface area contributed by atoms with Gasteiger partial charge in [-0.25, -0.2) is 0 Å². The molecule has 1 nitrogen and oxygen atoms in total. The third-order valence-electron chi connectivity index (χ3n) is 2.35. The van der Waals surface area contributed by atoms with Crippen molar-refractivity contribution < 1.29 is 4.74 Å². The van der Waals surface area contributed by atoms with Crippen LogP contribution in [-0.4, -0.2) is 6.10 Å². The van der Waals surface area contributed by atoms with E-state index < -0.39 is 0 Å². The Morgan fingerprint density at radius 3 is 2.50 bits per heavy atom. The lowest BCUT2D eigenvalue weighted by Crippen LogP contribution is -2.14. The molecule has 78 valence electrons. The normalized spacial score (nSPS) is 10.6. The van der Waals surface area contributed by atoms with Crippen LogP contribution in [0.15, 0.2) is 22.7 Å². The predicted octanol–water partition coefficient (Wildman–Crippen LogP) is 4.32. The number of hydrogen-bond donors (Lipinski definition) is 0. The lowest BCUT2D eigenvalue weighted by molar-refractivity contribution is 0.191. The standard InChI is InChI=1S/C12H17BrO/c1-4-11(5-2)14-12-8-10(13)7-6-9(12)3/h6-8,11H,4-5H2,1-3H3. The van der Waals surface area contributed by atoms with Gasteiger partial charge in [-0.1, -0.05) is 35.8 Å². The Morgan fingerprint density at radius 2 is 1.93 bits per heavy atom. The van der Waals surface area contributed by atoms with Crippen LogP contribution in [0, 0.1) is 6.92 Å². The van der Waals surface area contributed by atoms with Crippen LogP contribution >= 0.6 is 15.9 Å². The van der Waals surface area contributed by atoms with E-state index in [2.05, 4.69) is 42.8 Å². The average Bonchev–Trinajstić information content (AvgIpc) is 2.19. The van der Waals surface area contributed by atoms with Crippen LogP contribution in [0.4, 0.5) is 0 Å². The molecule has 1 rings (SSSR count). The summed E-state index contributed by atoms with van der Waals surface area (Å²) in [7, 11) is 0. The Kier molecular flexibility index (Phi) is 4.46. The van der Waals surface area contributed by atoms with Crippen molar-refractivity contribution in [2.75, 3.05) is 0 Å². The van der Waals surface area contributed by atoms with E-state index >= 15 is 0 Å². The minimum absolute atomic E-state index is 0.336. The molecule has 0 atom stereocenters. The molecule has 0 aliphatic heterocycles. The predicted molar refractivity (Wildman–Crippen MR) is 63.9 cm³/mol. The lowest BCUT2D eigenvalue weighted by atomic mass is 10.2. The third kappa shape index (κ3) is 3.02. The molecule has 0 N–H and O–H groups in total. The molecule has 0 saturated heterocycles. The number of hydrogen-bond acceptors (Lipinski definition) is 1. The van der Waals surface area contributed by atoms with E-state index in [9.17, 15) is 0 Å². The van der Waals surface area contributed by atoms with Crippen LogP contribution in [0.1, 0.15) is 32.3 Å². The molecule has 0 radical (unpaired) electrons. The molecule has 0 aliphatic rings. The second-order valence-electron chi connectivity index (χ2n) is 3.47. The molecule has 0 fully saturated rings. The van der Waals surface area contributed by atoms with Crippen molar-refractivity contribution in [2.24, 2.45) is 0 Å². The minimum atomic E-state index is 0.336. The smallest absolute Gasteiger partial charge is 0.123 e. The van der Waals surface area contributed by atoms with Crippen molar-refractivity contribution in [2.45, 2.75) is 39.7 Å². The molecule has 1 aromatic carbocycles. The number of ether oxygens (including phenoxy) is 1. The molecule has 0 saturated carbocycles. The molecular weight excluding hydrogens is 240 g/mol. The maximum Gasteiger partial charge on any atom is 0.123 e. The summed E-state index contributed by atoms with van der Waals surface area (Å²) in [5.74, 6) is 0.994. The molecule has 0 amide bonds. The van der Waals surface area contributed by atoms with E-state index in [1.165, 1.54) is 5.56 Å². The van der Waals surface area contributed by atoms with Crippen molar-refractivity contribution in [1.82, 2.24) is 0 Å². The molecule has 0 aliphatic carbocycles. The van der Waals surface area contributed by atoms with Gasteiger partial charge in [-0.2, -0.15) is 0 Å². The van der Waals surface area contributed by atoms with E-state index in [-0.39, 0.29) is 0 Å². The second-order valence-corrected chi connectivity index (χ2v) is 4.38. The number of aryl methyl sites for hydroxylation is 1. The van der Waals surface area contributed by atoms with Gasteiger partial charge in [-0.15, -0.1) is 0 Å². The first kappa shape index (κ1) is 11.6. The molecule has 0 spiro atoms. The zero-order valence-corrected chi connectivity index (χ0v) is 10.6. The summed E-state index contributed by atoms with van der Waals surface area (Å²) in [6.45, 7) is 6.38. The van der Waals surface area contributed by atoms with E-state index in [4.69, 9.17) is 4.74 Å². The van der Waals surface area contributed by atoms with Gasteiger partial charge in [0.2, 0.25) is 0 Å². The fourth-order valence-corrected chi connectivity index (χ4v) is 1.68. The first-order chi connectivity index (χ1) is 6.67. The van der Waals surface area contributed by atoms with Crippen molar-refractivity contribution in [3.8, 4) is 5.75 Å². The second kappa shape index (κ2) is 5.40. The molecule has 0 heterocycles. The van der Waals surface area contributed by atoms with Gasteiger partial charge in [0.25, 0.3) is 0 Å². The summed E-state index contributed by atoms with van der Waals surface area (Å²) in [5.41, 5.74) is 1.19. The Labute approximate surface area is 94.6 Å².